The maximum absolute atomic E-state index is 11.7. The van der Waals surface area contributed by atoms with Crippen LogP contribution in [-0.2, 0) is 14.3 Å². The fraction of sp³-hybridized carbons (Fsp3) is 0.636. The highest BCUT2D eigenvalue weighted by Crippen LogP contribution is 2.23. The molecule has 15 heavy (non-hydrogen) atoms. The van der Waals surface area contributed by atoms with E-state index in [4.69, 9.17) is 4.74 Å². The molecule has 0 spiro atoms. The second-order valence-corrected chi connectivity index (χ2v) is 4.44. The van der Waals surface area contributed by atoms with E-state index in [0.717, 1.165) is 19.3 Å². The molecule has 0 aromatic carbocycles. The molecule has 1 atom stereocenters. The third-order valence-electron chi connectivity index (χ3n) is 2.53. The summed E-state index contributed by atoms with van der Waals surface area (Å²) in [4.78, 5) is 22.8. The van der Waals surface area contributed by atoms with Gasteiger partial charge in [0.1, 0.15) is 12.2 Å². The van der Waals surface area contributed by atoms with E-state index in [1.54, 1.807) is 6.92 Å². The number of Topliss-reactive ketones (excluding diaryl/α,β-unsaturated/α-hetero) is 1. The molecule has 0 aromatic rings. The number of ketones is 1. The average molecular weight is 222 g/mol. The van der Waals surface area contributed by atoms with Gasteiger partial charge in [-0.15, -0.1) is 6.08 Å². The SMILES string of the molecule is CCOC(=O)CC(=O)C1CC=[C]([Al])CC1. The molecule has 1 aliphatic carbocycles. The van der Waals surface area contributed by atoms with Gasteiger partial charge in [-0.1, -0.05) is 0 Å². The third kappa shape index (κ3) is 4.19. The first-order valence-electron chi connectivity index (χ1n) is 5.26. The topological polar surface area (TPSA) is 43.4 Å². The first-order valence-corrected chi connectivity index (χ1v) is 5.84. The second-order valence-electron chi connectivity index (χ2n) is 3.70. The predicted octanol–water partition coefficient (Wildman–Crippen LogP) is 1.36. The first kappa shape index (κ1) is 12.5. The molecule has 1 aliphatic rings. The van der Waals surface area contributed by atoms with Gasteiger partial charge in [0.25, 0.3) is 0 Å². The highest BCUT2D eigenvalue weighted by atomic mass is 27.0. The molecular weight excluding hydrogens is 207 g/mol. The van der Waals surface area contributed by atoms with Gasteiger partial charge in [0.05, 0.1) is 6.61 Å². The Morgan fingerprint density at radius 3 is 2.87 bits per heavy atom. The zero-order valence-electron chi connectivity index (χ0n) is 8.99. The number of carbonyl (C=O) groups is 2. The Labute approximate surface area is 98.3 Å². The molecule has 0 N–H and O–H groups in total. The molecule has 1 rings (SSSR count). The molecule has 0 bridgehead atoms. The Bertz CT molecular complexity index is 284. The van der Waals surface area contributed by atoms with Gasteiger partial charge in [-0.05, 0) is 26.2 Å². The van der Waals surface area contributed by atoms with Crippen molar-refractivity contribution in [2.45, 2.75) is 32.6 Å². The maximum atomic E-state index is 11.7. The van der Waals surface area contributed by atoms with E-state index in [1.165, 1.54) is 4.44 Å². The summed E-state index contributed by atoms with van der Waals surface area (Å²) in [6, 6.07) is 0. The Hall–Kier alpha value is -0.588. The summed E-state index contributed by atoms with van der Waals surface area (Å²) in [5.74, 6) is -0.371. The van der Waals surface area contributed by atoms with Crippen LogP contribution in [0.25, 0.3) is 0 Å². The van der Waals surface area contributed by atoms with Crippen LogP contribution in [-0.4, -0.2) is 34.6 Å². The zero-order valence-corrected chi connectivity index (χ0v) is 10.1. The Morgan fingerprint density at radius 1 is 1.60 bits per heavy atom. The summed E-state index contributed by atoms with van der Waals surface area (Å²) in [5.41, 5.74) is 0. The quantitative estimate of drug-likeness (QED) is 0.410. The first-order chi connectivity index (χ1) is 7.13. The number of carbonyl (C=O) groups excluding carboxylic acids is 2. The van der Waals surface area contributed by atoms with Crippen molar-refractivity contribution in [1.82, 2.24) is 0 Å². The number of hydrogen-bond donors (Lipinski definition) is 0. The van der Waals surface area contributed by atoms with Crippen LogP contribution in [0.5, 0.6) is 0 Å². The molecule has 0 saturated carbocycles. The minimum absolute atomic E-state index is 0.0127. The van der Waals surface area contributed by atoms with E-state index >= 15 is 0 Å². The fourth-order valence-corrected chi connectivity index (χ4v) is 1.95. The molecule has 2 radical (unpaired) electrons. The highest BCUT2D eigenvalue weighted by Gasteiger charge is 2.22. The van der Waals surface area contributed by atoms with Crippen molar-refractivity contribution in [1.29, 1.82) is 0 Å². The number of ether oxygens (including phenoxy) is 1. The lowest BCUT2D eigenvalue weighted by Gasteiger charge is -2.19. The second kappa shape index (κ2) is 6.10. The maximum Gasteiger partial charge on any atom is 0.313 e. The van der Waals surface area contributed by atoms with E-state index in [9.17, 15) is 9.59 Å². The van der Waals surface area contributed by atoms with Crippen LogP contribution in [0.4, 0.5) is 0 Å². The van der Waals surface area contributed by atoms with Gasteiger partial charge in [-0.25, -0.2) is 0 Å². The molecule has 0 fully saturated rings. The lowest BCUT2D eigenvalue weighted by atomic mass is 9.89. The molecular formula is C11H15AlO3. The predicted molar refractivity (Wildman–Crippen MR) is 57.4 cm³/mol. The summed E-state index contributed by atoms with van der Waals surface area (Å²) >= 11 is 2.66. The largest absolute Gasteiger partial charge is 0.466 e. The number of hydrogen-bond acceptors (Lipinski definition) is 3. The number of esters is 1. The minimum Gasteiger partial charge on any atom is -0.466 e. The molecule has 80 valence electrons. The van der Waals surface area contributed by atoms with Gasteiger partial charge in [0, 0.05) is 5.92 Å². The smallest absolute Gasteiger partial charge is 0.313 e. The Balaban J connectivity index is 2.38. The van der Waals surface area contributed by atoms with Gasteiger partial charge < -0.3 is 4.74 Å². The number of allylic oxidation sites excluding steroid dienone is 2. The van der Waals surface area contributed by atoms with E-state index in [-0.39, 0.29) is 18.1 Å². The monoisotopic (exact) mass is 222 g/mol. The van der Waals surface area contributed by atoms with E-state index in [1.807, 2.05) is 0 Å². The number of rotatable bonds is 4. The van der Waals surface area contributed by atoms with Crippen molar-refractivity contribution in [3.05, 3.63) is 10.5 Å². The van der Waals surface area contributed by atoms with E-state index in [2.05, 4.69) is 22.4 Å². The molecule has 0 heterocycles. The summed E-state index contributed by atoms with van der Waals surface area (Å²) in [7, 11) is 0. The average Bonchev–Trinajstić information content (AvgIpc) is 2.18. The van der Waals surface area contributed by atoms with Gasteiger partial charge in [0.15, 0.2) is 16.3 Å². The Kier molecular flexibility index (Phi) is 5.07. The van der Waals surface area contributed by atoms with Crippen molar-refractivity contribution in [2.75, 3.05) is 6.61 Å². The van der Waals surface area contributed by atoms with Crippen LogP contribution < -0.4 is 0 Å². The molecule has 3 nitrogen and oxygen atoms in total. The van der Waals surface area contributed by atoms with Crippen LogP contribution in [0.3, 0.4) is 0 Å². The summed E-state index contributed by atoms with van der Waals surface area (Å²) in [5, 5.41) is 0. The van der Waals surface area contributed by atoms with Crippen LogP contribution in [0, 0.1) is 5.92 Å². The Morgan fingerprint density at radius 2 is 2.33 bits per heavy atom. The van der Waals surface area contributed by atoms with Gasteiger partial charge >= 0.3 is 5.97 Å². The molecule has 1 unspecified atom stereocenters. The third-order valence-corrected chi connectivity index (χ3v) is 3.05. The lowest BCUT2D eigenvalue weighted by molar-refractivity contribution is -0.146. The molecule has 4 heteroatoms. The van der Waals surface area contributed by atoms with Gasteiger partial charge in [0.2, 0.25) is 0 Å². The van der Waals surface area contributed by atoms with Crippen molar-refractivity contribution in [3.63, 3.8) is 0 Å². The van der Waals surface area contributed by atoms with Crippen molar-refractivity contribution in [3.8, 4) is 0 Å². The molecule has 0 aromatic heterocycles. The van der Waals surface area contributed by atoms with Crippen molar-refractivity contribution in [2.24, 2.45) is 5.92 Å². The zero-order chi connectivity index (χ0) is 11.3. The van der Waals surface area contributed by atoms with E-state index < -0.39 is 5.97 Å². The fourth-order valence-electron chi connectivity index (χ4n) is 1.65. The molecule has 0 amide bonds. The van der Waals surface area contributed by atoms with Crippen LogP contribution >= 0.6 is 0 Å². The van der Waals surface area contributed by atoms with Crippen LogP contribution in [0.15, 0.2) is 10.5 Å². The van der Waals surface area contributed by atoms with Crippen molar-refractivity contribution < 1.29 is 14.3 Å². The van der Waals surface area contributed by atoms with Crippen LogP contribution in [0.1, 0.15) is 32.6 Å². The van der Waals surface area contributed by atoms with Gasteiger partial charge in [-0.3, -0.25) is 9.59 Å². The van der Waals surface area contributed by atoms with Crippen LogP contribution in [0.2, 0.25) is 0 Å². The highest BCUT2D eigenvalue weighted by molar-refractivity contribution is 6.21. The summed E-state index contributed by atoms with van der Waals surface area (Å²) < 4.78 is 6.00. The lowest BCUT2D eigenvalue weighted by Crippen LogP contribution is -2.21. The summed E-state index contributed by atoms with van der Waals surface area (Å²) in [6.07, 6.45) is 4.54. The minimum atomic E-state index is -0.400. The normalized spacial score (nSPS) is 20.6. The van der Waals surface area contributed by atoms with Gasteiger partial charge in [-0.2, -0.15) is 4.44 Å². The standard InChI is InChI=1S/C11H15O3.Al/c1-2-14-11(13)8-10(12)9-6-4-3-5-7-9;/h4,9H,2,5-8H2,1H3;. The summed E-state index contributed by atoms with van der Waals surface area (Å²) in [6.45, 7) is 2.08. The van der Waals surface area contributed by atoms with E-state index in [0.29, 0.717) is 6.61 Å². The molecule has 0 aliphatic heterocycles. The molecule has 0 saturated heterocycles. The van der Waals surface area contributed by atoms with Crippen molar-refractivity contribution >= 4 is 28.0 Å².